The Balaban J connectivity index is 2.72. The van der Waals surface area contributed by atoms with Gasteiger partial charge in [0.1, 0.15) is 5.78 Å². The van der Waals surface area contributed by atoms with E-state index in [1.165, 1.54) is 6.92 Å². The number of anilines is 1. The third kappa shape index (κ3) is 4.57. The van der Waals surface area contributed by atoms with Crippen molar-refractivity contribution in [3.8, 4) is 0 Å². The van der Waals surface area contributed by atoms with Crippen LogP contribution in [-0.2, 0) is 9.59 Å². The van der Waals surface area contributed by atoms with Crippen LogP contribution in [0.5, 0.6) is 0 Å². The summed E-state index contributed by atoms with van der Waals surface area (Å²) in [6.07, 6.45) is -0.0931. The van der Waals surface area contributed by atoms with Gasteiger partial charge in [-0.3, -0.25) is 9.59 Å². The normalized spacial score (nSPS) is 9.80. The summed E-state index contributed by atoms with van der Waals surface area (Å²) in [6, 6.07) is 5.40. The van der Waals surface area contributed by atoms with E-state index in [1.54, 1.807) is 12.1 Å². The largest absolute Gasteiger partial charge is 0.326 e. The predicted molar refractivity (Wildman–Crippen MR) is 65.8 cm³/mol. The van der Waals surface area contributed by atoms with Gasteiger partial charge in [0.05, 0.1) is 6.42 Å². The maximum absolute atomic E-state index is 11.3. The van der Waals surface area contributed by atoms with Crippen LogP contribution in [-0.4, -0.2) is 11.7 Å². The Kier molecular flexibility index (Phi) is 4.47. The Morgan fingerprint density at radius 2 is 1.73 bits per heavy atom. The Morgan fingerprint density at radius 1 is 1.20 bits per heavy atom. The van der Waals surface area contributed by atoms with Crippen LogP contribution in [0.25, 0.3) is 0 Å². The quantitative estimate of drug-likeness (QED) is 0.863. The van der Waals surface area contributed by atoms with Crippen molar-refractivity contribution in [3.05, 3.63) is 27.1 Å². The Bertz CT molecular complexity index is 384. The number of benzene rings is 1. The van der Waals surface area contributed by atoms with Crippen molar-refractivity contribution >= 4 is 49.2 Å². The van der Waals surface area contributed by atoms with Gasteiger partial charge in [0.2, 0.25) is 5.91 Å². The van der Waals surface area contributed by atoms with Crippen molar-refractivity contribution in [1.29, 1.82) is 0 Å². The SMILES string of the molecule is CC(=O)CC(=O)Nc1cc(Br)cc(Br)c1. The van der Waals surface area contributed by atoms with E-state index in [0.717, 1.165) is 8.95 Å². The second-order valence-corrected chi connectivity index (χ2v) is 4.92. The molecule has 15 heavy (non-hydrogen) atoms. The van der Waals surface area contributed by atoms with Gasteiger partial charge in [-0.15, -0.1) is 0 Å². The second-order valence-electron chi connectivity index (χ2n) is 3.09. The van der Waals surface area contributed by atoms with Gasteiger partial charge in [-0.1, -0.05) is 31.9 Å². The zero-order valence-corrected chi connectivity index (χ0v) is 11.2. The average molecular weight is 335 g/mol. The van der Waals surface area contributed by atoms with Crippen LogP contribution in [0.1, 0.15) is 13.3 Å². The smallest absolute Gasteiger partial charge is 0.231 e. The fraction of sp³-hybridized carbons (Fsp3) is 0.200. The topological polar surface area (TPSA) is 46.2 Å². The molecule has 1 aromatic rings. The number of carbonyl (C=O) groups is 2. The molecule has 0 aliphatic heterocycles. The molecule has 1 aromatic carbocycles. The highest BCUT2D eigenvalue weighted by Gasteiger charge is 2.06. The summed E-state index contributed by atoms with van der Waals surface area (Å²) < 4.78 is 1.71. The Morgan fingerprint density at radius 3 is 2.20 bits per heavy atom. The molecule has 0 unspecified atom stereocenters. The monoisotopic (exact) mass is 333 g/mol. The second kappa shape index (κ2) is 5.42. The van der Waals surface area contributed by atoms with Crippen LogP contribution < -0.4 is 5.32 Å². The summed E-state index contributed by atoms with van der Waals surface area (Å²) in [7, 11) is 0. The first-order valence-corrected chi connectivity index (χ1v) is 5.81. The van der Waals surface area contributed by atoms with E-state index in [0.29, 0.717) is 5.69 Å². The summed E-state index contributed by atoms with van der Waals surface area (Å²) in [5, 5.41) is 2.64. The number of hydrogen-bond donors (Lipinski definition) is 1. The average Bonchev–Trinajstić information content (AvgIpc) is 1.98. The van der Waals surface area contributed by atoms with Gasteiger partial charge in [0.25, 0.3) is 0 Å². The van der Waals surface area contributed by atoms with Crippen molar-refractivity contribution < 1.29 is 9.59 Å². The molecule has 0 atom stereocenters. The van der Waals surface area contributed by atoms with E-state index in [1.807, 2.05) is 6.07 Å². The molecule has 0 aliphatic rings. The minimum absolute atomic E-state index is 0.0931. The first-order valence-electron chi connectivity index (χ1n) is 4.23. The molecule has 0 heterocycles. The molecule has 1 N–H and O–H groups in total. The number of nitrogens with one attached hydrogen (secondary N) is 1. The summed E-state index contributed by atoms with van der Waals surface area (Å²) in [5.41, 5.74) is 0.655. The fourth-order valence-corrected chi connectivity index (χ4v) is 2.35. The summed E-state index contributed by atoms with van der Waals surface area (Å²) in [5.74, 6) is -0.450. The van der Waals surface area contributed by atoms with Crippen molar-refractivity contribution in [3.63, 3.8) is 0 Å². The van der Waals surface area contributed by atoms with Gasteiger partial charge in [-0.05, 0) is 25.1 Å². The van der Waals surface area contributed by atoms with E-state index in [2.05, 4.69) is 37.2 Å². The molecule has 0 radical (unpaired) electrons. The molecule has 0 saturated heterocycles. The lowest BCUT2D eigenvalue weighted by atomic mass is 10.2. The molecule has 0 saturated carbocycles. The standard InChI is InChI=1S/C10H9Br2NO2/c1-6(14)2-10(15)13-9-4-7(11)3-8(12)5-9/h3-5H,2H2,1H3,(H,13,15). The highest BCUT2D eigenvalue weighted by atomic mass is 79.9. The molecule has 0 bridgehead atoms. The van der Waals surface area contributed by atoms with Crippen LogP contribution in [0.2, 0.25) is 0 Å². The van der Waals surface area contributed by atoms with Crippen LogP contribution in [0.3, 0.4) is 0 Å². The first kappa shape index (κ1) is 12.4. The third-order valence-electron chi connectivity index (χ3n) is 1.56. The van der Waals surface area contributed by atoms with Gasteiger partial charge in [0, 0.05) is 14.6 Å². The van der Waals surface area contributed by atoms with Crippen LogP contribution in [0, 0.1) is 0 Å². The summed E-state index contributed by atoms with van der Waals surface area (Å²) >= 11 is 6.61. The number of ketones is 1. The molecule has 3 nitrogen and oxygen atoms in total. The minimum atomic E-state index is -0.299. The summed E-state index contributed by atoms with van der Waals surface area (Å²) in [6.45, 7) is 1.39. The highest BCUT2D eigenvalue weighted by Crippen LogP contribution is 2.23. The minimum Gasteiger partial charge on any atom is -0.326 e. The van der Waals surface area contributed by atoms with Gasteiger partial charge >= 0.3 is 0 Å². The van der Waals surface area contributed by atoms with E-state index in [-0.39, 0.29) is 18.1 Å². The molecule has 1 amide bonds. The van der Waals surface area contributed by atoms with Crippen molar-refractivity contribution in [2.24, 2.45) is 0 Å². The van der Waals surface area contributed by atoms with E-state index >= 15 is 0 Å². The highest BCUT2D eigenvalue weighted by molar-refractivity contribution is 9.11. The number of rotatable bonds is 3. The molecule has 0 spiro atoms. The molecule has 0 fully saturated rings. The van der Waals surface area contributed by atoms with Crippen molar-refractivity contribution in [2.45, 2.75) is 13.3 Å². The van der Waals surface area contributed by atoms with Crippen molar-refractivity contribution in [2.75, 3.05) is 5.32 Å². The number of hydrogen-bond acceptors (Lipinski definition) is 2. The molecular formula is C10H9Br2NO2. The molecule has 0 aliphatic carbocycles. The molecular weight excluding hydrogens is 326 g/mol. The van der Waals surface area contributed by atoms with Gasteiger partial charge in [-0.2, -0.15) is 0 Å². The molecule has 80 valence electrons. The lowest BCUT2D eigenvalue weighted by Gasteiger charge is -2.05. The zero-order chi connectivity index (χ0) is 11.4. The first-order chi connectivity index (χ1) is 6.97. The van der Waals surface area contributed by atoms with Crippen LogP contribution >= 0.6 is 31.9 Å². The third-order valence-corrected chi connectivity index (χ3v) is 2.47. The van der Waals surface area contributed by atoms with E-state index in [4.69, 9.17) is 0 Å². The molecule has 5 heteroatoms. The lowest BCUT2D eigenvalue weighted by Crippen LogP contribution is -2.14. The van der Waals surface area contributed by atoms with Crippen LogP contribution in [0.4, 0.5) is 5.69 Å². The maximum atomic E-state index is 11.3. The fourth-order valence-electron chi connectivity index (χ4n) is 1.06. The number of carbonyl (C=O) groups excluding carboxylic acids is 2. The van der Waals surface area contributed by atoms with Crippen LogP contribution in [0.15, 0.2) is 27.1 Å². The number of amides is 1. The Hall–Kier alpha value is -0.680. The molecule has 1 rings (SSSR count). The lowest BCUT2D eigenvalue weighted by molar-refractivity contribution is -0.124. The van der Waals surface area contributed by atoms with Gasteiger partial charge in [0.15, 0.2) is 0 Å². The van der Waals surface area contributed by atoms with Gasteiger partial charge < -0.3 is 5.32 Å². The maximum Gasteiger partial charge on any atom is 0.231 e. The van der Waals surface area contributed by atoms with E-state index < -0.39 is 0 Å². The summed E-state index contributed by atoms with van der Waals surface area (Å²) in [4.78, 5) is 22.0. The van der Waals surface area contributed by atoms with Gasteiger partial charge in [-0.25, -0.2) is 0 Å². The molecule has 0 aromatic heterocycles. The predicted octanol–water partition coefficient (Wildman–Crippen LogP) is 3.13. The number of Topliss-reactive ketones (excluding diaryl/α,β-unsaturated/α-hetero) is 1. The number of halogens is 2. The zero-order valence-electron chi connectivity index (χ0n) is 8.01. The van der Waals surface area contributed by atoms with Crippen molar-refractivity contribution in [1.82, 2.24) is 0 Å². The Labute approximate surface area is 104 Å². The van der Waals surface area contributed by atoms with E-state index in [9.17, 15) is 9.59 Å².